The third-order valence-electron chi connectivity index (χ3n) is 3.84. The fourth-order valence-corrected chi connectivity index (χ4v) is 2.63. The van der Waals surface area contributed by atoms with E-state index in [1.807, 2.05) is 17.9 Å². The molecule has 1 saturated heterocycles. The Labute approximate surface area is 137 Å². The van der Waals surface area contributed by atoms with Crippen LogP contribution in [0.2, 0.25) is 5.02 Å². The molecule has 0 bridgehead atoms. The summed E-state index contributed by atoms with van der Waals surface area (Å²) in [7, 11) is 0. The zero-order chi connectivity index (χ0) is 14.7. The number of piperazine rings is 1. The minimum atomic E-state index is 0. The summed E-state index contributed by atoms with van der Waals surface area (Å²) < 4.78 is 5.62. The first kappa shape index (κ1) is 18.1. The topological polar surface area (TPSA) is 41.6 Å². The number of hydrogen-bond donors (Lipinski definition) is 1. The van der Waals surface area contributed by atoms with Gasteiger partial charge in [0, 0.05) is 30.2 Å². The number of carbonyl (C=O) groups is 1. The number of benzene rings is 1. The van der Waals surface area contributed by atoms with Gasteiger partial charge in [0.1, 0.15) is 5.75 Å². The minimum Gasteiger partial charge on any atom is -0.483 e. The summed E-state index contributed by atoms with van der Waals surface area (Å²) in [6.07, 6.45) is 0. The number of nitrogens with zero attached hydrogens (tertiary/aromatic N) is 1. The number of ether oxygens (including phenoxy) is 1. The third kappa shape index (κ3) is 4.50. The number of aryl methyl sites for hydroxylation is 1. The molecule has 0 aromatic heterocycles. The molecular formula is C15H22Cl2N2O2. The third-order valence-corrected chi connectivity index (χ3v) is 4.08. The highest BCUT2D eigenvalue weighted by molar-refractivity contribution is 6.30. The number of carbonyl (C=O) groups excluding carboxylic acids is 1. The normalized spacial score (nSPS) is 21.6. The quantitative estimate of drug-likeness (QED) is 0.925. The maximum Gasteiger partial charge on any atom is 0.260 e. The van der Waals surface area contributed by atoms with Crippen LogP contribution < -0.4 is 10.1 Å². The van der Waals surface area contributed by atoms with Crippen LogP contribution in [0.3, 0.4) is 0 Å². The van der Waals surface area contributed by atoms with E-state index in [4.69, 9.17) is 16.3 Å². The molecule has 6 heteroatoms. The predicted molar refractivity (Wildman–Crippen MR) is 87.6 cm³/mol. The summed E-state index contributed by atoms with van der Waals surface area (Å²) in [4.78, 5) is 14.1. The van der Waals surface area contributed by atoms with Gasteiger partial charge in [-0.3, -0.25) is 4.79 Å². The smallest absolute Gasteiger partial charge is 0.260 e. The molecule has 1 aliphatic heterocycles. The van der Waals surface area contributed by atoms with Crippen LogP contribution >= 0.6 is 24.0 Å². The first-order valence-electron chi connectivity index (χ1n) is 6.91. The Bertz CT molecular complexity index is 497. The van der Waals surface area contributed by atoms with Crippen molar-refractivity contribution < 1.29 is 9.53 Å². The van der Waals surface area contributed by atoms with Gasteiger partial charge in [-0.1, -0.05) is 11.6 Å². The van der Waals surface area contributed by atoms with Crippen LogP contribution in [-0.2, 0) is 4.79 Å². The highest BCUT2D eigenvalue weighted by atomic mass is 35.5. The second-order valence-electron chi connectivity index (χ2n) is 5.27. The van der Waals surface area contributed by atoms with Gasteiger partial charge in [-0.05, 0) is 44.5 Å². The van der Waals surface area contributed by atoms with E-state index in [1.165, 1.54) is 0 Å². The Kier molecular flexibility index (Phi) is 6.78. The van der Waals surface area contributed by atoms with Crippen molar-refractivity contribution in [1.82, 2.24) is 10.2 Å². The SMILES string of the molecule is Cc1cc(Cl)ccc1OCC(=O)N1CCNC(C)C1C.Cl. The van der Waals surface area contributed by atoms with Crippen molar-refractivity contribution in [1.29, 1.82) is 0 Å². The molecule has 1 aromatic rings. The minimum absolute atomic E-state index is 0. The van der Waals surface area contributed by atoms with Crippen molar-refractivity contribution in [3.63, 3.8) is 0 Å². The van der Waals surface area contributed by atoms with E-state index in [-0.39, 0.29) is 31.0 Å². The Balaban J connectivity index is 0.00000220. The van der Waals surface area contributed by atoms with Crippen molar-refractivity contribution in [3.8, 4) is 5.75 Å². The highest BCUT2D eigenvalue weighted by Crippen LogP contribution is 2.22. The molecular weight excluding hydrogens is 311 g/mol. The van der Waals surface area contributed by atoms with Gasteiger partial charge < -0.3 is 15.0 Å². The molecule has 0 radical (unpaired) electrons. The summed E-state index contributed by atoms with van der Waals surface area (Å²) in [6.45, 7) is 7.70. The molecule has 1 aromatic carbocycles. The van der Waals surface area contributed by atoms with Gasteiger partial charge in [0.2, 0.25) is 0 Å². The molecule has 1 aliphatic rings. The van der Waals surface area contributed by atoms with Crippen LogP contribution in [0.4, 0.5) is 0 Å². The Morgan fingerprint density at radius 3 is 2.86 bits per heavy atom. The van der Waals surface area contributed by atoms with E-state index in [2.05, 4.69) is 19.2 Å². The monoisotopic (exact) mass is 332 g/mol. The summed E-state index contributed by atoms with van der Waals surface area (Å²) in [5.41, 5.74) is 0.937. The lowest BCUT2D eigenvalue weighted by Gasteiger charge is -2.38. The lowest BCUT2D eigenvalue weighted by atomic mass is 10.1. The van der Waals surface area contributed by atoms with E-state index >= 15 is 0 Å². The lowest BCUT2D eigenvalue weighted by molar-refractivity contribution is -0.137. The van der Waals surface area contributed by atoms with E-state index in [0.29, 0.717) is 16.8 Å². The molecule has 0 aliphatic carbocycles. The summed E-state index contributed by atoms with van der Waals surface area (Å²) in [5, 5.41) is 4.03. The van der Waals surface area contributed by atoms with Crippen molar-refractivity contribution in [2.75, 3.05) is 19.7 Å². The largest absolute Gasteiger partial charge is 0.483 e. The zero-order valence-corrected chi connectivity index (χ0v) is 14.1. The average molecular weight is 333 g/mol. The molecule has 21 heavy (non-hydrogen) atoms. The van der Waals surface area contributed by atoms with Crippen molar-refractivity contribution in [2.45, 2.75) is 32.9 Å². The molecule has 2 unspecified atom stereocenters. The average Bonchev–Trinajstić information content (AvgIpc) is 2.40. The first-order valence-corrected chi connectivity index (χ1v) is 7.28. The van der Waals surface area contributed by atoms with Crippen LogP contribution in [0.15, 0.2) is 18.2 Å². The van der Waals surface area contributed by atoms with Crippen molar-refractivity contribution >= 4 is 29.9 Å². The summed E-state index contributed by atoms with van der Waals surface area (Å²) in [5.74, 6) is 0.735. The van der Waals surface area contributed by atoms with E-state index in [1.54, 1.807) is 12.1 Å². The Morgan fingerprint density at radius 2 is 2.19 bits per heavy atom. The standard InChI is InChI=1S/C15H21ClN2O2.ClH/c1-10-8-13(16)4-5-14(10)20-9-15(19)18-7-6-17-11(2)12(18)3;/h4-5,8,11-12,17H,6-7,9H2,1-3H3;1H. The maximum absolute atomic E-state index is 12.3. The van der Waals surface area contributed by atoms with E-state index < -0.39 is 0 Å². The lowest BCUT2D eigenvalue weighted by Crippen LogP contribution is -2.58. The fourth-order valence-electron chi connectivity index (χ4n) is 2.41. The van der Waals surface area contributed by atoms with Crippen LogP contribution in [0.5, 0.6) is 5.75 Å². The van der Waals surface area contributed by atoms with Crippen LogP contribution in [-0.4, -0.2) is 42.6 Å². The molecule has 1 amide bonds. The molecule has 1 fully saturated rings. The van der Waals surface area contributed by atoms with Crippen molar-refractivity contribution in [3.05, 3.63) is 28.8 Å². The fraction of sp³-hybridized carbons (Fsp3) is 0.533. The molecule has 2 rings (SSSR count). The molecule has 1 N–H and O–H groups in total. The Hall–Kier alpha value is -0.970. The zero-order valence-electron chi connectivity index (χ0n) is 12.6. The van der Waals surface area contributed by atoms with E-state index in [9.17, 15) is 4.79 Å². The number of nitrogens with one attached hydrogen (secondary N) is 1. The maximum atomic E-state index is 12.3. The second kappa shape index (κ2) is 7.87. The van der Waals surface area contributed by atoms with Crippen LogP contribution in [0.25, 0.3) is 0 Å². The van der Waals surface area contributed by atoms with Gasteiger partial charge in [-0.2, -0.15) is 0 Å². The van der Waals surface area contributed by atoms with Crippen LogP contribution in [0.1, 0.15) is 19.4 Å². The van der Waals surface area contributed by atoms with Gasteiger partial charge in [0.25, 0.3) is 5.91 Å². The molecule has 0 saturated carbocycles. The molecule has 1 heterocycles. The molecule has 4 nitrogen and oxygen atoms in total. The van der Waals surface area contributed by atoms with E-state index in [0.717, 1.165) is 18.7 Å². The summed E-state index contributed by atoms with van der Waals surface area (Å²) >= 11 is 5.90. The molecule has 118 valence electrons. The number of amides is 1. The van der Waals surface area contributed by atoms with Gasteiger partial charge in [0.15, 0.2) is 6.61 Å². The predicted octanol–water partition coefficient (Wildman–Crippen LogP) is 2.66. The second-order valence-corrected chi connectivity index (χ2v) is 5.71. The van der Waals surface area contributed by atoms with Gasteiger partial charge in [0.05, 0.1) is 0 Å². The van der Waals surface area contributed by atoms with Crippen LogP contribution in [0, 0.1) is 6.92 Å². The van der Waals surface area contributed by atoms with Gasteiger partial charge >= 0.3 is 0 Å². The number of rotatable bonds is 3. The molecule has 0 spiro atoms. The highest BCUT2D eigenvalue weighted by Gasteiger charge is 2.28. The summed E-state index contributed by atoms with van der Waals surface area (Å²) in [6, 6.07) is 5.89. The first-order chi connectivity index (χ1) is 9.49. The number of halogens is 2. The van der Waals surface area contributed by atoms with Gasteiger partial charge in [-0.25, -0.2) is 0 Å². The van der Waals surface area contributed by atoms with Gasteiger partial charge in [-0.15, -0.1) is 12.4 Å². The molecule has 2 atom stereocenters. The number of hydrogen-bond acceptors (Lipinski definition) is 3. The van der Waals surface area contributed by atoms with Crippen molar-refractivity contribution in [2.24, 2.45) is 0 Å². The Morgan fingerprint density at radius 1 is 1.48 bits per heavy atom.